The van der Waals surface area contributed by atoms with Crippen LogP contribution in [0.1, 0.15) is 21.5 Å². The van der Waals surface area contributed by atoms with Crippen LogP contribution in [0.2, 0.25) is 0 Å². The second-order valence-electron chi connectivity index (χ2n) is 7.22. The zero-order chi connectivity index (χ0) is 24.0. The maximum absolute atomic E-state index is 13.5. The molecule has 9 heteroatoms. The average Bonchev–Trinajstić information content (AvgIpc) is 2.81. The van der Waals surface area contributed by atoms with Gasteiger partial charge in [0.05, 0.1) is 26.9 Å². The number of hydrogen-bond donors (Lipinski definition) is 2. The number of ether oxygens (including phenoxy) is 4. The average molecular weight is 491 g/mol. The van der Waals surface area contributed by atoms with Gasteiger partial charge in [0.15, 0.2) is 11.5 Å². The fourth-order valence-electron chi connectivity index (χ4n) is 3.40. The third kappa shape index (κ3) is 5.89. The molecule has 182 valence electrons. The van der Waals surface area contributed by atoms with Gasteiger partial charge in [-0.1, -0.05) is 12.1 Å². The smallest absolute Gasteiger partial charge is 0.259 e. The van der Waals surface area contributed by atoms with Crippen LogP contribution >= 0.6 is 12.4 Å². The van der Waals surface area contributed by atoms with Gasteiger partial charge < -0.3 is 30.0 Å². The zero-order valence-corrected chi connectivity index (χ0v) is 20.3. The lowest BCUT2D eigenvalue weighted by molar-refractivity contribution is 0.102. The van der Waals surface area contributed by atoms with Crippen molar-refractivity contribution in [3.8, 4) is 28.7 Å². The molecule has 3 N–H and O–H groups in total. The van der Waals surface area contributed by atoms with E-state index in [2.05, 4.69) is 5.32 Å². The molecule has 0 aliphatic heterocycles. The van der Waals surface area contributed by atoms with Gasteiger partial charge in [0.1, 0.15) is 11.6 Å². The van der Waals surface area contributed by atoms with Crippen molar-refractivity contribution in [2.24, 2.45) is 5.73 Å². The number of rotatable bonds is 9. The lowest BCUT2D eigenvalue weighted by atomic mass is 10.1. The maximum atomic E-state index is 13.5. The van der Waals surface area contributed by atoms with Crippen molar-refractivity contribution in [1.82, 2.24) is 0 Å². The molecule has 0 atom stereocenters. The highest BCUT2D eigenvalue weighted by atomic mass is 35.5. The minimum Gasteiger partial charge on any atom is -0.492 e. The monoisotopic (exact) mass is 490 g/mol. The van der Waals surface area contributed by atoms with E-state index in [1.807, 2.05) is 24.3 Å². The predicted octanol–water partition coefficient (Wildman–Crippen LogP) is 5.13. The molecule has 0 fully saturated rings. The summed E-state index contributed by atoms with van der Waals surface area (Å²) in [6.45, 7) is 2.25. The fraction of sp³-hybridized carbons (Fsp3) is 0.240. The number of hydrogen-bond acceptors (Lipinski definition) is 6. The number of carbonyl (C=O) groups is 1. The molecule has 7 nitrogen and oxygen atoms in total. The lowest BCUT2D eigenvalue weighted by Gasteiger charge is -2.19. The Balaban J connectivity index is 0.00000408. The van der Waals surface area contributed by atoms with Crippen molar-refractivity contribution in [3.63, 3.8) is 0 Å². The van der Waals surface area contributed by atoms with Crippen molar-refractivity contribution >= 4 is 24.0 Å². The fourth-order valence-corrected chi connectivity index (χ4v) is 3.40. The minimum atomic E-state index is -0.481. The molecule has 3 aromatic carbocycles. The summed E-state index contributed by atoms with van der Waals surface area (Å²) >= 11 is 0. The first kappa shape index (κ1) is 26.8. The second kappa shape index (κ2) is 12.1. The van der Waals surface area contributed by atoms with Crippen LogP contribution in [0.25, 0.3) is 0 Å². The van der Waals surface area contributed by atoms with E-state index in [4.69, 9.17) is 24.7 Å². The van der Waals surface area contributed by atoms with Crippen LogP contribution in [-0.2, 0) is 6.42 Å². The van der Waals surface area contributed by atoms with Crippen LogP contribution in [0.4, 0.5) is 10.1 Å². The summed E-state index contributed by atoms with van der Waals surface area (Å²) in [5.41, 5.74) is 7.90. The van der Waals surface area contributed by atoms with Crippen LogP contribution in [0, 0.1) is 12.7 Å². The molecule has 34 heavy (non-hydrogen) atoms. The van der Waals surface area contributed by atoms with Crippen molar-refractivity contribution in [2.75, 3.05) is 33.2 Å². The van der Waals surface area contributed by atoms with E-state index in [0.717, 1.165) is 12.0 Å². The number of benzene rings is 3. The largest absolute Gasteiger partial charge is 0.492 e. The van der Waals surface area contributed by atoms with E-state index in [1.165, 1.54) is 45.6 Å². The van der Waals surface area contributed by atoms with E-state index in [9.17, 15) is 9.18 Å². The molecule has 0 aromatic heterocycles. The Morgan fingerprint density at radius 2 is 1.59 bits per heavy atom. The van der Waals surface area contributed by atoms with Gasteiger partial charge in [0.2, 0.25) is 11.5 Å². The standard InChI is InChI=1S/C25H27FN2O5.ClH/c1-15-13-17(26)7-10-20(15)28-25(29)19-14-21(23(31-3)24(32-4)22(19)30-2)33-18-8-5-16(6-9-18)11-12-27;/h5-10,13-14H,11-12,27H2,1-4H3,(H,28,29);1H. The molecule has 0 heterocycles. The van der Waals surface area contributed by atoms with E-state index in [0.29, 0.717) is 23.5 Å². The van der Waals surface area contributed by atoms with Gasteiger partial charge in [-0.05, 0) is 61.3 Å². The molecule has 3 aromatic rings. The van der Waals surface area contributed by atoms with Crippen LogP contribution in [0.5, 0.6) is 28.7 Å². The molecule has 0 saturated carbocycles. The third-order valence-corrected chi connectivity index (χ3v) is 5.03. The number of amides is 1. The first-order valence-electron chi connectivity index (χ1n) is 10.3. The predicted molar refractivity (Wildman–Crippen MR) is 132 cm³/mol. The molecule has 0 bridgehead atoms. The number of nitrogens with one attached hydrogen (secondary N) is 1. The molecule has 0 aliphatic rings. The van der Waals surface area contributed by atoms with E-state index in [-0.39, 0.29) is 46.8 Å². The van der Waals surface area contributed by atoms with Crippen molar-refractivity contribution < 1.29 is 28.1 Å². The number of anilines is 1. The highest BCUT2D eigenvalue weighted by molar-refractivity contribution is 6.07. The summed E-state index contributed by atoms with van der Waals surface area (Å²) in [5, 5.41) is 2.78. The van der Waals surface area contributed by atoms with Gasteiger partial charge in [-0.3, -0.25) is 4.79 Å². The molecule has 3 rings (SSSR count). The molecule has 0 unspecified atom stereocenters. The first-order chi connectivity index (χ1) is 15.9. The summed E-state index contributed by atoms with van der Waals surface area (Å²) < 4.78 is 36.0. The molecule has 1 amide bonds. The number of aryl methyl sites for hydroxylation is 1. The van der Waals surface area contributed by atoms with Gasteiger partial charge in [-0.25, -0.2) is 4.39 Å². The molecular weight excluding hydrogens is 463 g/mol. The van der Waals surface area contributed by atoms with Gasteiger partial charge in [0.25, 0.3) is 5.91 Å². The summed E-state index contributed by atoms with van der Waals surface area (Å²) in [6.07, 6.45) is 0.757. The summed E-state index contributed by atoms with van der Waals surface area (Å²) in [7, 11) is 4.33. The molecular formula is C25H28ClFN2O5. The zero-order valence-electron chi connectivity index (χ0n) is 19.4. The lowest BCUT2D eigenvalue weighted by Crippen LogP contribution is -2.15. The SMILES string of the molecule is COc1c(Oc2ccc(CCN)cc2)cc(C(=O)Nc2ccc(F)cc2C)c(OC)c1OC.Cl. The number of methoxy groups -OCH3 is 3. The van der Waals surface area contributed by atoms with Gasteiger partial charge >= 0.3 is 0 Å². The van der Waals surface area contributed by atoms with Crippen LogP contribution < -0.4 is 30.0 Å². The first-order valence-corrected chi connectivity index (χ1v) is 10.3. The van der Waals surface area contributed by atoms with E-state index < -0.39 is 5.91 Å². The Morgan fingerprint density at radius 3 is 2.15 bits per heavy atom. The molecule has 0 radical (unpaired) electrons. The molecule has 0 aliphatic carbocycles. The van der Waals surface area contributed by atoms with Crippen molar-refractivity contribution in [3.05, 3.63) is 71.0 Å². The van der Waals surface area contributed by atoms with Crippen LogP contribution in [-0.4, -0.2) is 33.8 Å². The maximum Gasteiger partial charge on any atom is 0.259 e. The van der Waals surface area contributed by atoms with Gasteiger partial charge in [0, 0.05) is 11.8 Å². The Kier molecular flexibility index (Phi) is 9.53. The van der Waals surface area contributed by atoms with E-state index in [1.54, 1.807) is 6.92 Å². The van der Waals surface area contributed by atoms with Gasteiger partial charge in [-0.2, -0.15) is 0 Å². The molecule has 0 saturated heterocycles. The highest BCUT2D eigenvalue weighted by Crippen LogP contribution is 2.48. The Hall–Kier alpha value is -3.49. The topological polar surface area (TPSA) is 92.0 Å². The van der Waals surface area contributed by atoms with Crippen LogP contribution in [0.15, 0.2) is 48.5 Å². The van der Waals surface area contributed by atoms with E-state index >= 15 is 0 Å². The Morgan fingerprint density at radius 1 is 0.941 bits per heavy atom. The van der Waals surface area contributed by atoms with Crippen molar-refractivity contribution in [2.45, 2.75) is 13.3 Å². The third-order valence-electron chi connectivity index (χ3n) is 5.03. The van der Waals surface area contributed by atoms with Crippen LogP contribution in [0.3, 0.4) is 0 Å². The quantitative estimate of drug-likeness (QED) is 0.432. The van der Waals surface area contributed by atoms with Crippen molar-refractivity contribution in [1.29, 1.82) is 0 Å². The Labute approximate surface area is 204 Å². The number of carbonyl (C=O) groups excluding carboxylic acids is 1. The summed E-state index contributed by atoms with van der Waals surface area (Å²) in [5.74, 6) is 0.600. The summed E-state index contributed by atoms with van der Waals surface area (Å²) in [4.78, 5) is 13.2. The molecule has 0 spiro atoms. The van der Waals surface area contributed by atoms with Gasteiger partial charge in [-0.15, -0.1) is 12.4 Å². The number of nitrogens with two attached hydrogens (primary N) is 1. The summed E-state index contributed by atoms with van der Waals surface area (Å²) in [6, 6.07) is 13.1. The second-order valence-corrected chi connectivity index (χ2v) is 7.22. The highest BCUT2D eigenvalue weighted by Gasteiger charge is 2.26. The minimum absolute atomic E-state index is 0. The number of halogens is 2. The normalized spacial score (nSPS) is 10.2. The Bertz CT molecular complexity index is 1140.